The van der Waals surface area contributed by atoms with Gasteiger partial charge >= 0.3 is 11.8 Å². The van der Waals surface area contributed by atoms with Gasteiger partial charge < -0.3 is 20.3 Å². The molecule has 0 bridgehead atoms. The minimum atomic E-state index is -1.10. The first-order chi connectivity index (χ1) is 14.5. The second kappa shape index (κ2) is 10.0. The molecule has 1 aliphatic rings. The third kappa shape index (κ3) is 5.66. The van der Waals surface area contributed by atoms with E-state index in [9.17, 15) is 18.4 Å². The molecule has 7 nitrogen and oxygen atoms in total. The number of benzene rings is 2. The quantitative estimate of drug-likeness (QED) is 0.701. The number of amides is 2. The fraction of sp³-hybridized carbons (Fsp3) is 0.333. The molecule has 0 aromatic heterocycles. The number of hydrogen-bond acceptors (Lipinski definition) is 5. The summed E-state index contributed by atoms with van der Waals surface area (Å²) >= 11 is 0. The van der Waals surface area contributed by atoms with Crippen LogP contribution >= 0.6 is 0 Å². The first kappa shape index (κ1) is 21.5. The summed E-state index contributed by atoms with van der Waals surface area (Å²) in [5.74, 6) is -3.05. The lowest BCUT2D eigenvalue weighted by atomic mass is 10.2. The van der Waals surface area contributed by atoms with Gasteiger partial charge in [0.1, 0.15) is 5.75 Å². The van der Waals surface area contributed by atoms with E-state index in [0.717, 1.165) is 49.7 Å². The van der Waals surface area contributed by atoms with Gasteiger partial charge in [-0.1, -0.05) is 0 Å². The minimum absolute atomic E-state index is 0.0173. The van der Waals surface area contributed by atoms with Crippen LogP contribution < -0.4 is 20.3 Å². The SMILES string of the molecule is COc1ccc(N2CCN(CCNC(=O)C(=O)Nc3ccc(F)c(F)c3)CC2)cc1. The number of nitrogens with zero attached hydrogens (tertiary/aromatic N) is 2. The maximum Gasteiger partial charge on any atom is 0.313 e. The molecule has 0 saturated carbocycles. The van der Waals surface area contributed by atoms with Crippen LogP contribution in [0.1, 0.15) is 0 Å². The van der Waals surface area contributed by atoms with E-state index in [1.54, 1.807) is 7.11 Å². The third-order valence-corrected chi connectivity index (χ3v) is 4.91. The van der Waals surface area contributed by atoms with Crippen molar-refractivity contribution in [3.8, 4) is 5.75 Å². The first-order valence-electron chi connectivity index (χ1n) is 9.62. The van der Waals surface area contributed by atoms with Gasteiger partial charge in [-0.2, -0.15) is 0 Å². The summed E-state index contributed by atoms with van der Waals surface area (Å²) in [6, 6.07) is 10.8. The van der Waals surface area contributed by atoms with Crippen molar-refractivity contribution in [3.63, 3.8) is 0 Å². The van der Waals surface area contributed by atoms with Crippen molar-refractivity contribution >= 4 is 23.2 Å². The van der Waals surface area contributed by atoms with Crippen LogP contribution in [-0.4, -0.2) is 63.1 Å². The molecule has 9 heteroatoms. The van der Waals surface area contributed by atoms with Crippen LogP contribution in [-0.2, 0) is 9.59 Å². The number of hydrogen-bond donors (Lipinski definition) is 2. The Morgan fingerprint density at radius 3 is 2.30 bits per heavy atom. The molecule has 160 valence electrons. The van der Waals surface area contributed by atoms with Crippen molar-refractivity contribution in [1.82, 2.24) is 10.2 Å². The standard InChI is InChI=1S/C21H24F2N4O3/c1-30-17-5-3-16(4-6-17)27-12-10-26(11-13-27)9-8-24-20(28)21(29)25-15-2-7-18(22)19(23)14-15/h2-7,14H,8-13H2,1H3,(H,24,28)(H,25,29). The molecule has 0 unspecified atom stereocenters. The Labute approximate surface area is 173 Å². The smallest absolute Gasteiger partial charge is 0.313 e. The normalized spacial score (nSPS) is 14.3. The molecular weight excluding hydrogens is 394 g/mol. The Hall–Kier alpha value is -3.20. The largest absolute Gasteiger partial charge is 0.497 e. The zero-order valence-corrected chi connectivity index (χ0v) is 16.7. The number of halogens is 2. The van der Waals surface area contributed by atoms with Crippen molar-refractivity contribution < 1.29 is 23.1 Å². The highest BCUT2D eigenvalue weighted by Gasteiger charge is 2.18. The van der Waals surface area contributed by atoms with Gasteiger partial charge in [-0.05, 0) is 36.4 Å². The minimum Gasteiger partial charge on any atom is -0.497 e. The van der Waals surface area contributed by atoms with Crippen LogP contribution in [0.25, 0.3) is 0 Å². The molecule has 2 amide bonds. The number of nitrogens with one attached hydrogen (secondary N) is 2. The van der Waals surface area contributed by atoms with Crippen LogP contribution in [0.3, 0.4) is 0 Å². The third-order valence-electron chi connectivity index (χ3n) is 4.91. The summed E-state index contributed by atoms with van der Waals surface area (Å²) in [7, 11) is 1.64. The monoisotopic (exact) mass is 418 g/mol. The van der Waals surface area contributed by atoms with Gasteiger partial charge in [0.15, 0.2) is 11.6 Å². The molecule has 1 aliphatic heterocycles. The lowest BCUT2D eigenvalue weighted by Gasteiger charge is -2.36. The van der Waals surface area contributed by atoms with Crippen LogP contribution in [0, 0.1) is 11.6 Å². The van der Waals surface area contributed by atoms with E-state index < -0.39 is 23.4 Å². The molecule has 0 radical (unpaired) electrons. The van der Waals surface area contributed by atoms with E-state index in [1.807, 2.05) is 24.3 Å². The summed E-state index contributed by atoms with van der Waals surface area (Å²) in [4.78, 5) is 28.3. The topological polar surface area (TPSA) is 73.9 Å². The lowest BCUT2D eigenvalue weighted by molar-refractivity contribution is -0.136. The molecule has 2 N–H and O–H groups in total. The highest BCUT2D eigenvalue weighted by molar-refractivity contribution is 6.39. The number of methoxy groups -OCH3 is 1. The molecule has 30 heavy (non-hydrogen) atoms. The molecule has 0 aliphatic carbocycles. The van der Waals surface area contributed by atoms with E-state index >= 15 is 0 Å². The molecule has 0 atom stereocenters. The number of piperazine rings is 1. The number of rotatable bonds is 6. The molecule has 0 spiro atoms. The molecule has 1 saturated heterocycles. The number of ether oxygens (including phenoxy) is 1. The highest BCUT2D eigenvalue weighted by atomic mass is 19.2. The van der Waals surface area contributed by atoms with Crippen molar-refractivity contribution in [2.24, 2.45) is 0 Å². The maximum absolute atomic E-state index is 13.2. The summed E-state index contributed by atoms with van der Waals surface area (Å²) in [6.07, 6.45) is 0. The van der Waals surface area contributed by atoms with E-state index in [-0.39, 0.29) is 5.69 Å². The highest BCUT2D eigenvalue weighted by Crippen LogP contribution is 2.20. The average Bonchev–Trinajstić information content (AvgIpc) is 2.77. The van der Waals surface area contributed by atoms with Crippen molar-refractivity contribution in [2.45, 2.75) is 0 Å². The Morgan fingerprint density at radius 1 is 0.967 bits per heavy atom. The summed E-state index contributed by atoms with van der Waals surface area (Å²) in [5, 5.41) is 4.79. The lowest BCUT2D eigenvalue weighted by Crippen LogP contribution is -2.49. The van der Waals surface area contributed by atoms with Gasteiger partial charge in [0, 0.05) is 56.7 Å². The summed E-state index contributed by atoms with van der Waals surface area (Å²) in [5.41, 5.74) is 1.15. The Balaban J connectivity index is 1.37. The second-order valence-electron chi connectivity index (χ2n) is 6.87. The average molecular weight is 418 g/mol. The number of carbonyl (C=O) groups is 2. The number of anilines is 2. The Morgan fingerprint density at radius 2 is 1.67 bits per heavy atom. The molecular formula is C21H24F2N4O3. The van der Waals surface area contributed by atoms with Crippen LogP contribution in [0.2, 0.25) is 0 Å². The van der Waals surface area contributed by atoms with Crippen LogP contribution in [0.5, 0.6) is 5.75 Å². The second-order valence-corrected chi connectivity index (χ2v) is 6.87. The molecule has 3 rings (SSSR count). The first-order valence-corrected chi connectivity index (χ1v) is 9.62. The van der Waals surface area contributed by atoms with Crippen LogP contribution in [0.15, 0.2) is 42.5 Å². The fourth-order valence-corrected chi connectivity index (χ4v) is 3.19. The summed E-state index contributed by atoms with van der Waals surface area (Å²) in [6.45, 7) is 4.31. The molecule has 2 aromatic carbocycles. The number of carbonyl (C=O) groups excluding carboxylic acids is 2. The summed E-state index contributed by atoms with van der Waals surface area (Å²) < 4.78 is 31.3. The van der Waals surface area contributed by atoms with Crippen LogP contribution in [0.4, 0.5) is 20.2 Å². The Bertz CT molecular complexity index is 884. The van der Waals surface area contributed by atoms with E-state index in [1.165, 1.54) is 6.07 Å². The molecule has 2 aromatic rings. The maximum atomic E-state index is 13.2. The van der Waals surface area contributed by atoms with Gasteiger partial charge in [-0.3, -0.25) is 14.5 Å². The molecule has 1 fully saturated rings. The van der Waals surface area contributed by atoms with E-state index in [2.05, 4.69) is 20.4 Å². The zero-order valence-electron chi connectivity index (χ0n) is 16.7. The van der Waals surface area contributed by atoms with Crippen molar-refractivity contribution in [1.29, 1.82) is 0 Å². The van der Waals surface area contributed by atoms with Crippen molar-refractivity contribution in [2.75, 3.05) is 56.6 Å². The van der Waals surface area contributed by atoms with Gasteiger partial charge in [0.05, 0.1) is 7.11 Å². The van der Waals surface area contributed by atoms with Gasteiger partial charge in [-0.15, -0.1) is 0 Å². The fourth-order valence-electron chi connectivity index (χ4n) is 3.19. The molecule has 1 heterocycles. The van der Waals surface area contributed by atoms with E-state index in [0.29, 0.717) is 13.1 Å². The predicted octanol–water partition coefficient (Wildman–Crippen LogP) is 1.85. The Kier molecular flexibility index (Phi) is 7.18. The van der Waals surface area contributed by atoms with E-state index in [4.69, 9.17) is 4.74 Å². The van der Waals surface area contributed by atoms with Gasteiger partial charge in [0.25, 0.3) is 0 Å². The predicted molar refractivity (Wildman–Crippen MR) is 110 cm³/mol. The zero-order chi connectivity index (χ0) is 21.5. The van der Waals surface area contributed by atoms with Gasteiger partial charge in [0.2, 0.25) is 0 Å². The van der Waals surface area contributed by atoms with Crippen molar-refractivity contribution in [3.05, 3.63) is 54.1 Å². The van der Waals surface area contributed by atoms with Gasteiger partial charge in [-0.25, -0.2) is 8.78 Å².